The first-order valence-corrected chi connectivity index (χ1v) is 11.2. The standard InChI is InChI=1S/C23H34N6O3/c1-5-32-22(30)19-7-6-14-29(16-19)23(25-15-21-27-26-17(2)28(21)3)24-13-12-18-8-10-20(31-4)11-9-18/h8-11,19H,5-7,12-16H2,1-4H3,(H,24,25). The Bertz CT molecular complexity index is 909. The van der Waals surface area contributed by atoms with Crippen molar-refractivity contribution >= 4 is 11.9 Å². The summed E-state index contributed by atoms with van der Waals surface area (Å²) in [5, 5.41) is 11.8. The molecule has 1 atom stereocenters. The molecule has 9 heteroatoms. The number of guanidine groups is 1. The van der Waals surface area contributed by atoms with Crippen molar-refractivity contribution in [3.05, 3.63) is 41.5 Å². The third-order valence-electron chi connectivity index (χ3n) is 5.75. The molecule has 0 aliphatic carbocycles. The molecule has 1 aliphatic rings. The van der Waals surface area contributed by atoms with Gasteiger partial charge in [0.05, 0.1) is 19.6 Å². The number of nitrogens with zero attached hydrogens (tertiary/aromatic N) is 5. The maximum Gasteiger partial charge on any atom is 0.310 e. The molecule has 3 rings (SSSR count). The second kappa shape index (κ2) is 11.5. The van der Waals surface area contributed by atoms with E-state index in [0.29, 0.717) is 19.7 Å². The van der Waals surface area contributed by atoms with Crippen LogP contribution in [0.4, 0.5) is 0 Å². The van der Waals surface area contributed by atoms with Gasteiger partial charge in [-0.25, -0.2) is 4.99 Å². The maximum atomic E-state index is 12.3. The highest BCUT2D eigenvalue weighted by Crippen LogP contribution is 2.18. The Balaban J connectivity index is 1.68. The van der Waals surface area contributed by atoms with Gasteiger partial charge in [-0.1, -0.05) is 12.1 Å². The van der Waals surface area contributed by atoms with Crippen molar-refractivity contribution in [1.29, 1.82) is 0 Å². The van der Waals surface area contributed by atoms with Gasteiger partial charge in [-0.2, -0.15) is 0 Å². The van der Waals surface area contributed by atoms with Crippen molar-refractivity contribution in [3.8, 4) is 5.75 Å². The number of likely N-dealkylation sites (tertiary alicyclic amines) is 1. The van der Waals surface area contributed by atoms with Crippen LogP contribution in [0.15, 0.2) is 29.3 Å². The minimum Gasteiger partial charge on any atom is -0.497 e. The number of rotatable bonds is 8. The summed E-state index contributed by atoms with van der Waals surface area (Å²) in [6.45, 7) is 6.76. The van der Waals surface area contributed by atoms with Crippen LogP contribution in [0.2, 0.25) is 0 Å². The number of hydrogen-bond donors (Lipinski definition) is 1. The Morgan fingerprint density at radius 2 is 2.06 bits per heavy atom. The first kappa shape index (κ1) is 23.6. The van der Waals surface area contributed by atoms with E-state index in [0.717, 1.165) is 55.7 Å². The minimum atomic E-state index is -0.130. The molecular weight excluding hydrogens is 408 g/mol. The van der Waals surface area contributed by atoms with Gasteiger partial charge >= 0.3 is 5.97 Å². The highest BCUT2D eigenvalue weighted by atomic mass is 16.5. The van der Waals surface area contributed by atoms with Gasteiger partial charge in [0.2, 0.25) is 0 Å². The first-order valence-electron chi connectivity index (χ1n) is 11.2. The maximum absolute atomic E-state index is 12.3. The molecule has 2 heterocycles. The summed E-state index contributed by atoms with van der Waals surface area (Å²) in [5.41, 5.74) is 1.21. The van der Waals surface area contributed by atoms with E-state index >= 15 is 0 Å². The smallest absolute Gasteiger partial charge is 0.310 e. The lowest BCUT2D eigenvalue weighted by Crippen LogP contribution is -2.48. The van der Waals surface area contributed by atoms with Crippen LogP contribution in [-0.2, 0) is 29.5 Å². The summed E-state index contributed by atoms with van der Waals surface area (Å²) in [4.78, 5) is 19.3. The molecule has 1 saturated heterocycles. The number of methoxy groups -OCH3 is 1. The molecule has 1 aromatic carbocycles. The molecule has 0 amide bonds. The van der Waals surface area contributed by atoms with Crippen LogP contribution in [0.1, 0.15) is 37.0 Å². The van der Waals surface area contributed by atoms with Gasteiger partial charge in [0.25, 0.3) is 0 Å². The summed E-state index contributed by atoms with van der Waals surface area (Å²) in [6.07, 6.45) is 2.61. The van der Waals surface area contributed by atoms with E-state index in [-0.39, 0.29) is 11.9 Å². The van der Waals surface area contributed by atoms with Gasteiger partial charge in [0.1, 0.15) is 18.1 Å². The number of carbonyl (C=O) groups is 1. The van der Waals surface area contributed by atoms with Crippen LogP contribution in [0.3, 0.4) is 0 Å². The average molecular weight is 443 g/mol. The summed E-state index contributed by atoms with van der Waals surface area (Å²) < 4.78 is 12.4. The Kier molecular flexibility index (Phi) is 8.47. The molecule has 0 bridgehead atoms. The monoisotopic (exact) mass is 442 g/mol. The molecule has 0 saturated carbocycles. The number of ether oxygens (including phenoxy) is 2. The van der Waals surface area contributed by atoms with Gasteiger partial charge in [-0.15, -0.1) is 10.2 Å². The van der Waals surface area contributed by atoms with Crippen molar-refractivity contribution in [2.24, 2.45) is 18.0 Å². The first-order chi connectivity index (χ1) is 15.5. The molecule has 174 valence electrons. The van der Waals surface area contributed by atoms with Crippen molar-refractivity contribution in [1.82, 2.24) is 25.0 Å². The van der Waals surface area contributed by atoms with Crippen molar-refractivity contribution in [2.45, 2.75) is 39.7 Å². The highest BCUT2D eigenvalue weighted by Gasteiger charge is 2.28. The van der Waals surface area contributed by atoms with E-state index in [9.17, 15) is 4.79 Å². The van der Waals surface area contributed by atoms with Gasteiger partial charge < -0.3 is 24.3 Å². The number of carbonyl (C=O) groups excluding carboxylic acids is 1. The minimum absolute atomic E-state index is 0.126. The number of aryl methyl sites for hydroxylation is 1. The van der Waals surface area contributed by atoms with Crippen LogP contribution in [0.5, 0.6) is 5.75 Å². The molecule has 1 aliphatic heterocycles. The Labute approximate surface area is 189 Å². The van der Waals surface area contributed by atoms with Gasteiger partial charge in [0, 0.05) is 26.7 Å². The quantitative estimate of drug-likeness (QED) is 0.380. The zero-order chi connectivity index (χ0) is 22.9. The lowest BCUT2D eigenvalue weighted by molar-refractivity contribution is -0.149. The van der Waals surface area contributed by atoms with Gasteiger partial charge in [-0.3, -0.25) is 4.79 Å². The zero-order valence-corrected chi connectivity index (χ0v) is 19.5. The molecule has 1 N–H and O–H groups in total. The van der Waals surface area contributed by atoms with Crippen LogP contribution >= 0.6 is 0 Å². The van der Waals surface area contributed by atoms with Crippen LogP contribution in [0.25, 0.3) is 0 Å². The topological polar surface area (TPSA) is 93.9 Å². The Morgan fingerprint density at radius 3 is 2.72 bits per heavy atom. The number of benzene rings is 1. The fourth-order valence-electron chi connectivity index (χ4n) is 3.73. The summed E-state index contributed by atoms with van der Waals surface area (Å²) in [6, 6.07) is 8.07. The molecule has 2 aromatic rings. The predicted molar refractivity (Wildman–Crippen MR) is 123 cm³/mol. The summed E-state index contributed by atoms with van der Waals surface area (Å²) in [5.74, 6) is 3.03. The number of aliphatic imine (C=N–C) groups is 1. The van der Waals surface area contributed by atoms with Crippen LogP contribution < -0.4 is 10.1 Å². The highest BCUT2D eigenvalue weighted by molar-refractivity contribution is 5.81. The number of hydrogen-bond acceptors (Lipinski definition) is 6. The summed E-state index contributed by atoms with van der Waals surface area (Å²) >= 11 is 0. The van der Waals surface area contributed by atoms with Gasteiger partial charge in [-0.05, 0) is 50.8 Å². The number of aromatic nitrogens is 3. The predicted octanol–water partition coefficient (Wildman–Crippen LogP) is 2.10. The number of nitrogens with one attached hydrogen (secondary N) is 1. The molecule has 1 unspecified atom stereocenters. The van der Waals surface area contributed by atoms with Gasteiger partial charge in [0.15, 0.2) is 11.8 Å². The lowest BCUT2D eigenvalue weighted by atomic mass is 9.98. The molecule has 32 heavy (non-hydrogen) atoms. The van der Waals surface area contributed by atoms with E-state index in [1.165, 1.54) is 5.56 Å². The molecule has 0 radical (unpaired) electrons. The molecule has 0 spiro atoms. The Morgan fingerprint density at radius 1 is 1.28 bits per heavy atom. The largest absolute Gasteiger partial charge is 0.497 e. The third-order valence-corrected chi connectivity index (χ3v) is 5.75. The van der Waals surface area contributed by atoms with E-state index in [4.69, 9.17) is 14.5 Å². The third kappa shape index (κ3) is 6.21. The molecule has 1 fully saturated rings. The average Bonchev–Trinajstić information content (AvgIpc) is 3.14. The van der Waals surface area contributed by atoms with Crippen LogP contribution in [0, 0.1) is 12.8 Å². The SMILES string of the molecule is CCOC(=O)C1CCCN(C(=NCc2nnc(C)n2C)NCCc2ccc(OC)cc2)C1. The van der Waals surface area contributed by atoms with Crippen LogP contribution in [-0.4, -0.2) is 64.9 Å². The zero-order valence-electron chi connectivity index (χ0n) is 19.5. The van der Waals surface area contributed by atoms with E-state index in [2.05, 4.69) is 32.5 Å². The van der Waals surface area contributed by atoms with E-state index in [1.807, 2.05) is 37.6 Å². The number of piperidine rings is 1. The second-order valence-electron chi connectivity index (χ2n) is 7.92. The van der Waals surface area contributed by atoms with Crippen molar-refractivity contribution in [3.63, 3.8) is 0 Å². The molecule has 1 aromatic heterocycles. The second-order valence-corrected chi connectivity index (χ2v) is 7.92. The van der Waals surface area contributed by atoms with Crippen molar-refractivity contribution in [2.75, 3.05) is 33.4 Å². The number of esters is 1. The van der Waals surface area contributed by atoms with E-state index in [1.54, 1.807) is 7.11 Å². The molecular formula is C23H34N6O3. The fourth-order valence-corrected chi connectivity index (χ4v) is 3.73. The normalized spacial score (nSPS) is 16.7. The lowest BCUT2D eigenvalue weighted by Gasteiger charge is -2.34. The molecule has 9 nitrogen and oxygen atoms in total. The Hall–Kier alpha value is -3.10. The summed E-state index contributed by atoms with van der Waals surface area (Å²) in [7, 11) is 3.61. The fraction of sp³-hybridized carbons (Fsp3) is 0.565. The van der Waals surface area contributed by atoms with E-state index < -0.39 is 0 Å². The van der Waals surface area contributed by atoms with Crippen molar-refractivity contribution < 1.29 is 14.3 Å².